The van der Waals surface area contributed by atoms with Crippen molar-refractivity contribution in [2.75, 3.05) is 18.0 Å². The molecule has 0 bridgehead atoms. The van der Waals surface area contributed by atoms with Crippen LogP contribution in [0.1, 0.15) is 19.4 Å². The minimum absolute atomic E-state index is 0.227. The van der Waals surface area contributed by atoms with Crippen LogP contribution in [0.5, 0.6) is 0 Å². The van der Waals surface area contributed by atoms with E-state index in [9.17, 15) is 0 Å². The van der Waals surface area contributed by atoms with Gasteiger partial charge in [-0.05, 0) is 43.1 Å². The molecule has 2 rings (SSSR count). The minimum Gasteiger partial charge on any atom is -0.341 e. The Hall–Kier alpha value is -1.04. The average Bonchev–Trinajstić information content (AvgIpc) is 2.47. The van der Waals surface area contributed by atoms with E-state index in [0.29, 0.717) is 11.1 Å². The van der Waals surface area contributed by atoms with E-state index >= 15 is 0 Å². The van der Waals surface area contributed by atoms with E-state index in [1.54, 1.807) is 0 Å². The highest BCUT2D eigenvalue weighted by Gasteiger charge is 2.10. The molecule has 0 saturated carbocycles. The molecule has 0 aliphatic rings. The first-order valence-corrected chi connectivity index (χ1v) is 8.40. The molecule has 0 N–H and O–H groups in total. The monoisotopic (exact) mass is 342 g/mol. The van der Waals surface area contributed by atoms with Gasteiger partial charge in [-0.15, -0.1) is 0 Å². The van der Waals surface area contributed by atoms with E-state index in [0.717, 1.165) is 29.4 Å². The van der Waals surface area contributed by atoms with Crippen molar-refractivity contribution >= 4 is 40.9 Å². The predicted molar refractivity (Wildman–Crippen MR) is 89.4 cm³/mol. The number of halogens is 2. The third-order valence-electron chi connectivity index (χ3n) is 2.90. The Kier molecular flexibility index (Phi) is 6.08. The minimum atomic E-state index is 0.227. The van der Waals surface area contributed by atoms with E-state index in [1.807, 2.05) is 29.2 Å². The summed E-state index contributed by atoms with van der Waals surface area (Å²) in [5, 5.41) is 1.59. The molecule has 4 nitrogen and oxygen atoms in total. The van der Waals surface area contributed by atoms with Crippen LogP contribution >= 0.6 is 35.0 Å². The first kappa shape index (κ1) is 16.3. The second kappa shape index (κ2) is 7.82. The molecule has 2 aromatic rings. The zero-order chi connectivity index (χ0) is 15.2. The van der Waals surface area contributed by atoms with E-state index in [4.69, 9.17) is 23.2 Å². The van der Waals surface area contributed by atoms with E-state index < -0.39 is 0 Å². The number of anilines is 1. The Morgan fingerprint density at radius 3 is 2.29 bits per heavy atom. The first-order chi connectivity index (χ1) is 10.1. The molecule has 0 atom stereocenters. The molecule has 112 valence electrons. The van der Waals surface area contributed by atoms with Crippen LogP contribution in [0.25, 0.3) is 0 Å². The molecule has 0 unspecified atom stereocenters. The first-order valence-electron chi connectivity index (χ1n) is 6.66. The van der Waals surface area contributed by atoms with Crippen molar-refractivity contribution in [2.45, 2.75) is 24.8 Å². The fraction of sp³-hybridized carbons (Fsp3) is 0.357. The summed E-state index contributed by atoms with van der Waals surface area (Å²) < 4.78 is 0. The van der Waals surface area contributed by atoms with E-state index in [-0.39, 0.29) is 5.28 Å². The molecule has 7 heteroatoms. The average molecular weight is 343 g/mol. The van der Waals surface area contributed by atoms with Gasteiger partial charge in [-0.1, -0.05) is 35.5 Å². The second-order valence-electron chi connectivity index (χ2n) is 4.27. The molecule has 1 aromatic heterocycles. The summed E-state index contributed by atoms with van der Waals surface area (Å²) in [6.07, 6.45) is 0. The van der Waals surface area contributed by atoms with Crippen LogP contribution < -0.4 is 4.90 Å². The number of hydrogen-bond acceptors (Lipinski definition) is 5. The molecule has 0 radical (unpaired) electrons. The van der Waals surface area contributed by atoms with Gasteiger partial charge in [0.1, 0.15) is 0 Å². The summed E-state index contributed by atoms with van der Waals surface area (Å²) in [5.74, 6) is 1.38. The lowest BCUT2D eigenvalue weighted by molar-refractivity contribution is 0.782. The van der Waals surface area contributed by atoms with Gasteiger partial charge in [0, 0.05) is 23.9 Å². The lowest BCUT2D eigenvalue weighted by atomic mass is 10.2. The number of nitrogens with zero attached hydrogens (tertiary/aromatic N) is 4. The molecule has 0 saturated heterocycles. The maximum Gasteiger partial charge on any atom is 0.230 e. The molecule has 0 spiro atoms. The van der Waals surface area contributed by atoms with Gasteiger partial charge in [-0.25, -0.2) is 0 Å². The Balaban J connectivity index is 2.10. The van der Waals surface area contributed by atoms with Crippen molar-refractivity contribution in [3.8, 4) is 0 Å². The number of thioether (sulfide) groups is 1. The quantitative estimate of drug-likeness (QED) is 0.731. The largest absolute Gasteiger partial charge is 0.341 e. The zero-order valence-corrected chi connectivity index (χ0v) is 14.2. The molecule has 0 aliphatic carbocycles. The van der Waals surface area contributed by atoms with Crippen LogP contribution in [-0.4, -0.2) is 28.0 Å². The fourth-order valence-corrected chi connectivity index (χ4v) is 2.88. The number of aromatic nitrogens is 3. The lowest BCUT2D eigenvalue weighted by Crippen LogP contribution is -2.24. The Bertz CT molecular complexity index is 588. The Labute approximate surface area is 138 Å². The van der Waals surface area contributed by atoms with Crippen LogP contribution in [0.2, 0.25) is 10.3 Å². The zero-order valence-electron chi connectivity index (χ0n) is 11.9. The summed E-state index contributed by atoms with van der Waals surface area (Å²) in [5.41, 5.74) is 1.16. The predicted octanol–water partition coefficient (Wildman–Crippen LogP) is 4.32. The fourth-order valence-electron chi connectivity index (χ4n) is 1.76. The molecular formula is C14H16Cl2N4S. The molecular weight excluding hydrogens is 327 g/mol. The molecule has 21 heavy (non-hydrogen) atoms. The van der Waals surface area contributed by atoms with Gasteiger partial charge in [-0.3, -0.25) is 0 Å². The van der Waals surface area contributed by atoms with Crippen molar-refractivity contribution < 1.29 is 0 Å². The Morgan fingerprint density at radius 1 is 1.00 bits per heavy atom. The van der Waals surface area contributed by atoms with Gasteiger partial charge >= 0.3 is 0 Å². The normalized spacial score (nSPS) is 10.7. The highest BCUT2D eigenvalue weighted by Crippen LogP contribution is 2.23. The van der Waals surface area contributed by atoms with Crippen LogP contribution in [0, 0.1) is 0 Å². The summed E-state index contributed by atoms with van der Waals surface area (Å²) in [4.78, 5) is 14.9. The lowest BCUT2D eigenvalue weighted by Gasteiger charge is -2.18. The second-order valence-corrected chi connectivity index (χ2v) is 5.99. The smallest absolute Gasteiger partial charge is 0.230 e. The molecule has 0 aliphatic heterocycles. The van der Waals surface area contributed by atoms with E-state index in [2.05, 4.69) is 28.8 Å². The number of benzene rings is 1. The van der Waals surface area contributed by atoms with Crippen molar-refractivity contribution in [3.63, 3.8) is 0 Å². The summed E-state index contributed by atoms with van der Waals surface area (Å²) in [7, 11) is 0. The SMILES string of the molecule is CCN(CC)c1nc(Cl)nc(SCc2ccc(Cl)cc2)n1. The molecule has 1 heterocycles. The third kappa shape index (κ3) is 4.73. The van der Waals surface area contributed by atoms with Crippen LogP contribution in [-0.2, 0) is 5.75 Å². The maximum absolute atomic E-state index is 5.99. The Morgan fingerprint density at radius 2 is 1.67 bits per heavy atom. The van der Waals surface area contributed by atoms with Gasteiger partial charge < -0.3 is 4.90 Å². The van der Waals surface area contributed by atoms with Gasteiger partial charge in [0.25, 0.3) is 0 Å². The number of rotatable bonds is 6. The number of hydrogen-bond donors (Lipinski definition) is 0. The third-order valence-corrected chi connectivity index (χ3v) is 4.24. The molecule has 1 aromatic carbocycles. The van der Waals surface area contributed by atoms with Crippen LogP contribution in [0.3, 0.4) is 0 Å². The summed E-state index contributed by atoms with van der Waals surface area (Å²) >= 11 is 13.4. The van der Waals surface area contributed by atoms with Gasteiger partial charge in [0.05, 0.1) is 0 Å². The highest BCUT2D eigenvalue weighted by molar-refractivity contribution is 7.98. The van der Waals surface area contributed by atoms with Crippen molar-refractivity contribution in [2.24, 2.45) is 0 Å². The highest BCUT2D eigenvalue weighted by atomic mass is 35.5. The van der Waals surface area contributed by atoms with Gasteiger partial charge in [-0.2, -0.15) is 15.0 Å². The maximum atomic E-state index is 5.99. The molecule has 0 fully saturated rings. The van der Waals surface area contributed by atoms with Crippen molar-refractivity contribution in [1.82, 2.24) is 15.0 Å². The van der Waals surface area contributed by atoms with Crippen LogP contribution in [0.4, 0.5) is 5.95 Å². The standard InChI is InChI=1S/C14H16Cl2N4S/c1-3-20(4-2)13-17-12(16)18-14(19-13)21-9-10-5-7-11(15)8-6-10/h5-8H,3-4,9H2,1-2H3. The summed E-state index contributed by atoms with van der Waals surface area (Å²) in [6, 6.07) is 7.73. The van der Waals surface area contributed by atoms with Crippen LogP contribution in [0.15, 0.2) is 29.4 Å². The summed E-state index contributed by atoms with van der Waals surface area (Å²) in [6.45, 7) is 5.78. The van der Waals surface area contributed by atoms with Crippen molar-refractivity contribution in [3.05, 3.63) is 40.1 Å². The van der Waals surface area contributed by atoms with Gasteiger partial charge in [0.2, 0.25) is 11.2 Å². The topological polar surface area (TPSA) is 41.9 Å². The van der Waals surface area contributed by atoms with Gasteiger partial charge in [0.15, 0.2) is 5.16 Å². The molecule has 0 amide bonds. The van der Waals surface area contributed by atoms with E-state index in [1.165, 1.54) is 11.8 Å². The van der Waals surface area contributed by atoms with Crippen molar-refractivity contribution in [1.29, 1.82) is 0 Å².